The van der Waals surface area contributed by atoms with E-state index in [1.54, 1.807) is 12.1 Å². The number of nitrogens with one attached hydrogen (secondary N) is 2. The number of rotatable bonds is 8. The third-order valence-electron chi connectivity index (χ3n) is 6.11. The average Bonchev–Trinajstić information content (AvgIpc) is 3.24. The van der Waals surface area contributed by atoms with E-state index in [9.17, 15) is 9.59 Å². The van der Waals surface area contributed by atoms with Gasteiger partial charge in [-0.15, -0.1) is 11.3 Å². The van der Waals surface area contributed by atoms with Crippen molar-refractivity contribution in [1.29, 1.82) is 0 Å². The Bertz CT molecular complexity index is 1080. The van der Waals surface area contributed by atoms with Crippen LogP contribution in [0.25, 0.3) is 0 Å². The minimum Gasteiger partial charge on any atom is -0.340 e. The molecule has 0 radical (unpaired) electrons. The summed E-state index contributed by atoms with van der Waals surface area (Å²) < 4.78 is 0. The molecule has 2 amide bonds. The number of anilines is 1. The van der Waals surface area contributed by atoms with E-state index < -0.39 is 6.04 Å². The van der Waals surface area contributed by atoms with Gasteiger partial charge < -0.3 is 10.6 Å². The molecule has 172 valence electrons. The van der Waals surface area contributed by atoms with Gasteiger partial charge in [0, 0.05) is 36.5 Å². The van der Waals surface area contributed by atoms with Gasteiger partial charge in [-0.3, -0.25) is 14.5 Å². The smallest absolute Gasteiger partial charge is 0.251 e. The molecule has 2 aromatic carbocycles. The number of benzene rings is 2. The number of fused-ring (bicyclic) bond motifs is 1. The largest absolute Gasteiger partial charge is 0.340 e. The van der Waals surface area contributed by atoms with Crippen molar-refractivity contribution in [2.45, 2.75) is 45.8 Å². The minimum atomic E-state index is -0.627. The van der Waals surface area contributed by atoms with Crippen LogP contribution in [0, 0.1) is 5.92 Å². The fourth-order valence-corrected chi connectivity index (χ4v) is 5.03. The molecule has 0 saturated carbocycles. The van der Waals surface area contributed by atoms with Crippen LogP contribution in [-0.4, -0.2) is 34.3 Å². The molecule has 33 heavy (non-hydrogen) atoms. The lowest BCUT2D eigenvalue weighted by atomic mass is 9.98. The first kappa shape index (κ1) is 23.1. The summed E-state index contributed by atoms with van der Waals surface area (Å²) in [6.45, 7) is 6.67. The predicted molar refractivity (Wildman–Crippen MR) is 132 cm³/mol. The van der Waals surface area contributed by atoms with Gasteiger partial charge in [-0.1, -0.05) is 68.8 Å². The van der Waals surface area contributed by atoms with Gasteiger partial charge in [0.15, 0.2) is 5.13 Å². The summed E-state index contributed by atoms with van der Waals surface area (Å²) in [4.78, 5) is 34.1. The van der Waals surface area contributed by atoms with Crippen LogP contribution < -0.4 is 10.6 Å². The second kappa shape index (κ2) is 10.7. The van der Waals surface area contributed by atoms with Gasteiger partial charge >= 0.3 is 0 Å². The fourth-order valence-electron chi connectivity index (χ4n) is 3.98. The Morgan fingerprint density at radius 1 is 1.09 bits per heavy atom. The van der Waals surface area contributed by atoms with Gasteiger partial charge in [-0.2, -0.15) is 0 Å². The summed E-state index contributed by atoms with van der Waals surface area (Å²) in [5.74, 6) is -0.472. The molecule has 0 bridgehead atoms. The van der Waals surface area contributed by atoms with Gasteiger partial charge in [-0.05, 0) is 23.6 Å². The molecular formula is C26H30N4O2S. The Hall–Kier alpha value is -3.03. The summed E-state index contributed by atoms with van der Waals surface area (Å²) in [7, 11) is 0. The quantitative estimate of drug-likeness (QED) is 0.517. The van der Waals surface area contributed by atoms with Crippen molar-refractivity contribution in [2.75, 3.05) is 11.9 Å². The highest BCUT2D eigenvalue weighted by atomic mass is 32.1. The van der Waals surface area contributed by atoms with E-state index in [0.717, 1.165) is 38.2 Å². The summed E-state index contributed by atoms with van der Waals surface area (Å²) in [5, 5.41) is 6.49. The number of carbonyl (C=O) groups excluding carboxylic acids is 2. The Morgan fingerprint density at radius 2 is 1.79 bits per heavy atom. The van der Waals surface area contributed by atoms with Gasteiger partial charge in [0.1, 0.15) is 6.04 Å². The monoisotopic (exact) mass is 462 g/mol. The molecule has 2 N–H and O–H groups in total. The summed E-state index contributed by atoms with van der Waals surface area (Å²) in [6.07, 6.45) is 1.64. The molecule has 2 atom stereocenters. The molecule has 1 aliphatic rings. The molecule has 1 aromatic heterocycles. The zero-order valence-electron chi connectivity index (χ0n) is 19.1. The summed E-state index contributed by atoms with van der Waals surface area (Å²) in [5.41, 5.74) is 2.90. The van der Waals surface area contributed by atoms with Crippen molar-refractivity contribution in [3.05, 3.63) is 82.4 Å². The lowest BCUT2D eigenvalue weighted by molar-refractivity contribution is -0.119. The first-order valence-electron chi connectivity index (χ1n) is 11.4. The van der Waals surface area contributed by atoms with Gasteiger partial charge in [-0.25, -0.2) is 4.98 Å². The third-order valence-corrected chi connectivity index (χ3v) is 7.11. The number of thiazole rings is 1. The molecule has 6 nitrogen and oxygen atoms in total. The van der Waals surface area contributed by atoms with E-state index in [1.807, 2.05) is 38.1 Å². The number of hydrogen-bond acceptors (Lipinski definition) is 5. The highest BCUT2D eigenvalue weighted by molar-refractivity contribution is 7.15. The molecule has 1 aliphatic heterocycles. The van der Waals surface area contributed by atoms with Crippen LogP contribution in [0.4, 0.5) is 5.13 Å². The molecule has 0 saturated heterocycles. The number of amides is 2. The standard InChI is InChI=1S/C26H30N4O2S/c1-3-18(2)23(28-24(31)20-12-8-5-9-13-20)25(32)29-26-27-21-14-15-30(17-22(21)33-26)16-19-10-6-4-7-11-19/h4-13,18,23H,3,14-17H2,1-2H3,(H,28,31)(H,27,29,32). The maximum Gasteiger partial charge on any atom is 0.251 e. The van der Waals surface area contributed by atoms with E-state index in [2.05, 4.69) is 44.8 Å². The van der Waals surface area contributed by atoms with Crippen LogP contribution in [0.2, 0.25) is 0 Å². The van der Waals surface area contributed by atoms with Gasteiger partial charge in [0.05, 0.1) is 5.69 Å². The highest BCUT2D eigenvalue weighted by Crippen LogP contribution is 2.29. The van der Waals surface area contributed by atoms with Crippen molar-refractivity contribution in [3.63, 3.8) is 0 Å². The zero-order chi connectivity index (χ0) is 23.2. The van der Waals surface area contributed by atoms with E-state index in [-0.39, 0.29) is 17.7 Å². The molecular weight excluding hydrogens is 432 g/mol. The van der Waals surface area contributed by atoms with Crippen molar-refractivity contribution >= 4 is 28.3 Å². The van der Waals surface area contributed by atoms with Crippen molar-refractivity contribution in [1.82, 2.24) is 15.2 Å². The van der Waals surface area contributed by atoms with Gasteiger partial charge in [0.2, 0.25) is 5.91 Å². The maximum atomic E-state index is 13.1. The fraction of sp³-hybridized carbons (Fsp3) is 0.346. The molecule has 0 aliphatic carbocycles. The van der Waals surface area contributed by atoms with Crippen LogP contribution in [0.5, 0.6) is 0 Å². The molecule has 2 heterocycles. The van der Waals surface area contributed by atoms with Crippen molar-refractivity contribution in [3.8, 4) is 0 Å². The van der Waals surface area contributed by atoms with Crippen LogP contribution in [0.3, 0.4) is 0 Å². The third kappa shape index (κ3) is 5.86. The average molecular weight is 463 g/mol. The van der Waals surface area contributed by atoms with Gasteiger partial charge in [0.25, 0.3) is 5.91 Å². The second-order valence-electron chi connectivity index (χ2n) is 8.53. The Morgan fingerprint density at radius 3 is 2.48 bits per heavy atom. The lowest BCUT2D eigenvalue weighted by Gasteiger charge is -2.25. The molecule has 0 fully saturated rings. The first-order valence-corrected chi connectivity index (χ1v) is 12.3. The van der Waals surface area contributed by atoms with Crippen LogP contribution in [-0.2, 0) is 24.3 Å². The minimum absolute atomic E-state index is 0.00591. The Kier molecular flexibility index (Phi) is 7.52. The molecule has 0 spiro atoms. The van der Waals surface area contributed by atoms with Crippen LogP contribution in [0.1, 0.15) is 46.8 Å². The van der Waals surface area contributed by atoms with E-state index in [4.69, 9.17) is 0 Å². The first-order chi connectivity index (χ1) is 16.0. The van der Waals surface area contributed by atoms with Crippen LogP contribution in [0.15, 0.2) is 60.7 Å². The number of nitrogens with zero attached hydrogens (tertiary/aromatic N) is 2. The van der Waals surface area contributed by atoms with E-state index in [0.29, 0.717) is 10.7 Å². The van der Waals surface area contributed by atoms with Crippen molar-refractivity contribution in [2.24, 2.45) is 5.92 Å². The maximum absolute atomic E-state index is 13.1. The molecule has 4 rings (SSSR count). The highest BCUT2D eigenvalue weighted by Gasteiger charge is 2.28. The normalized spacial score (nSPS) is 15.3. The molecule has 3 aromatic rings. The number of carbonyl (C=O) groups is 2. The Balaban J connectivity index is 1.41. The summed E-state index contributed by atoms with van der Waals surface area (Å²) >= 11 is 1.53. The lowest BCUT2D eigenvalue weighted by Crippen LogP contribution is -2.47. The SMILES string of the molecule is CCC(C)C(NC(=O)c1ccccc1)C(=O)Nc1nc2c(s1)CN(Cc1ccccc1)CC2. The van der Waals surface area contributed by atoms with E-state index >= 15 is 0 Å². The molecule has 7 heteroatoms. The number of aromatic nitrogens is 1. The number of hydrogen-bond donors (Lipinski definition) is 2. The second-order valence-corrected chi connectivity index (χ2v) is 9.61. The predicted octanol–water partition coefficient (Wildman–Crippen LogP) is 4.48. The topological polar surface area (TPSA) is 74.3 Å². The van der Waals surface area contributed by atoms with Crippen LogP contribution >= 0.6 is 11.3 Å². The molecule has 2 unspecified atom stereocenters. The van der Waals surface area contributed by atoms with Crippen molar-refractivity contribution < 1.29 is 9.59 Å². The van der Waals surface area contributed by atoms with E-state index in [1.165, 1.54) is 21.8 Å². The summed E-state index contributed by atoms with van der Waals surface area (Å²) in [6, 6.07) is 18.8. The Labute approximate surface area is 199 Å². The zero-order valence-corrected chi connectivity index (χ0v) is 19.9.